The van der Waals surface area contributed by atoms with Gasteiger partial charge >= 0.3 is 0 Å². The molecule has 1 fully saturated rings. The Labute approximate surface area is 120 Å². The average molecular weight is 322 g/mol. The van der Waals surface area contributed by atoms with Crippen molar-refractivity contribution in [2.75, 3.05) is 0 Å². The number of nitrogens with zero attached hydrogens (tertiary/aromatic N) is 2. The molecule has 2 aromatic rings. The molecule has 0 atom stereocenters. The molecule has 1 aliphatic rings. The summed E-state index contributed by atoms with van der Waals surface area (Å²) in [6.45, 7) is 0. The van der Waals surface area contributed by atoms with Crippen LogP contribution in [0.15, 0.2) is 33.3 Å². The van der Waals surface area contributed by atoms with E-state index in [-0.39, 0.29) is 0 Å². The van der Waals surface area contributed by atoms with Crippen molar-refractivity contribution in [3.8, 4) is 11.4 Å². The fourth-order valence-corrected chi connectivity index (χ4v) is 2.91. The third kappa shape index (κ3) is 2.87. The Morgan fingerprint density at radius 2 is 2.00 bits per heavy atom. The number of benzene rings is 1. The van der Waals surface area contributed by atoms with Gasteiger partial charge in [-0.1, -0.05) is 33.2 Å². The van der Waals surface area contributed by atoms with Crippen LogP contribution >= 0.6 is 15.9 Å². The van der Waals surface area contributed by atoms with Gasteiger partial charge in [-0.25, -0.2) is 0 Å². The van der Waals surface area contributed by atoms with Crippen molar-refractivity contribution in [1.29, 1.82) is 0 Å². The zero-order valence-corrected chi connectivity index (χ0v) is 12.1. The predicted molar refractivity (Wildman–Crippen MR) is 76.6 cm³/mol. The molecule has 1 aromatic carbocycles. The van der Waals surface area contributed by atoms with Gasteiger partial charge in [0.15, 0.2) is 0 Å². The standard InChI is InChI=1S/C14H16BrN3O/c15-11-3-1-2-10(8-11)13-17-14(19-18-13)9-4-6-12(16)7-5-9/h1-3,8-9,12H,4-7,16H2. The highest BCUT2D eigenvalue weighted by Gasteiger charge is 2.24. The maximum absolute atomic E-state index is 5.92. The van der Waals surface area contributed by atoms with Crippen LogP contribution < -0.4 is 5.73 Å². The molecule has 0 unspecified atom stereocenters. The molecular weight excluding hydrogens is 306 g/mol. The van der Waals surface area contributed by atoms with Gasteiger partial charge in [0, 0.05) is 22.0 Å². The van der Waals surface area contributed by atoms with Crippen molar-refractivity contribution in [2.24, 2.45) is 5.73 Å². The van der Waals surface area contributed by atoms with Crippen LogP contribution in [0.25, 0.3) is 11.4 Å². The summed E-state index contributed by atoms with van der Waals surface area (Å²) in [5.74, 6) is 1.78. The molecule has 0 saturated heterocycles. The lowest BCUT2D eigenvalue weighted by Crippen LogP contribution is -2.25. The first kappa shape index (κ1) is 12.8. The summed E-state index contributed by atoms with van der Waals surface area (Å²) in [7, 11) is 0. The minimum Gasteiger partial charge on any atom is -0.339 e. The van der Waals surface area contributed by atoms with Crippen molar-refractivity contribution < 1.29 is 4.52 Å². The Morgan fingerprint density at radius 3 is 2.74 bits per heavy atom. The Morgan fingerprint density at radius 1 is 1.21 bits per heavy atom. The number of nitrogens with two attached hydrogens (primary N) is 1. The summed E-state index contributed by atoms with van der Waals surface area (Å²) < 4.78 is 6.43. The van der Waals surface area contributed by atoms with Gasteiger partial charge in [-0.2, -0.15) is 4.98 Å². The number of halogens is 1. The molecule has 1 aliphatic carbocycles. The second-order valence-electron chi connectivity index (χ2n) is 5.08. The predicted octanol–water partition coefficient (Wildman–Crippen LogP) is 3.48. The van der Waals surface area contributed by atoms with Crippen molar-refractivity contribution in [2.45, 2.75) is 37.6 Å². The summed E-state index contributed by atoms with van der Waals surface area (Å²) in [6, 6.07) is 8.26. The van der Waals surface area contributed by atoms with E-state index in [1.165, 1.54) is 0 Å². The molecule has 0 bridgehead atoms. The average Bonchev–Trinajstić information content (AvgIpc) is 2.89. The highest BCUT2D eigenvalue weighted by molar-refractivity contribution is 9.10. The van der Waals surface area contributed by atoms with Crippen LogP contribution in [0, 0.1) is 0 Å². The van der Waals surface area contributed by atoms with Gasteiger partial charge in [0.25, 0.3) is 0 Å². The largest absolute Gasteiger partial charge is 0.339 e. The second kappa shape index (κ2) is 5.43. The topological polar surface area (TPSA) is 64.9 Å². The monoisotopic (exact) mass is 321 g/mol. The first-order valence-electron chi connectivity index (χ1n) is 6.57. The van der Waals surface area contributed by atoms with Crippen molar-refractivity contribution in [3.05, 3.63) is 34.6 Å². The first-order valence-corrected chi connectivity index (χ1v) is 7.37. The summed E-state index contributed by atoms with van der Waals surface area (Å²) in [4.78, 5) is 4.53. The van der Waals surface area contributed by atoms with Crippen LogP contribution in [0.4, 0.5) is 0 Å². The smallest absolute Gasteiger partial charge is 0.230 e. The lowest BCUT2D eigenvalue weighted by molar-refractivity contribution is 0.301. The maximum Gasteiger partial charge on any atom is 0.230 e. The van der Waals surface area contributed by atoms with Gasteiger partial charge in [0.1, 0.15) is 0 Å². The van der Waals surface area contributed by atoms with E-state index in [9.17, 15) is 0 Å². The first-order chi connectivity index (χ1) is 9.22. The summed E-state index contributed by atoms with van der Waals surface area (Å²) in [6.07, 6.45) is 4.17. The Hall–Kier alpha value is -1.20. The minimum absolute atomic E-state index is 0.337. The number of rotatable bonds is 2. The molecule has 0 radical (unpaired) electrons. The van der Waals surface area contributed by atoms with Gasteiger partial charge in [-0.05, 0) is 37.8 Å². The molecule has 4 nitrogen and oxygen atoms in total. The van der Waals surface area contributed by atoms with Crippen LogP contribution in [0.2, 0.25) is 0 Å². The highest BCUT2D eigenvalue weighted by atomic mass is 79.9. The van der Waals surface area contributed by atoms with Crippen molar-refractivity contribution >= 4 is 15.9 Å². The van der Waals surface area contributed by atoms with Crippen LogP contribution in [-0.4, -0.2) is 16.2 Å². The molecule has 0 aliphatic heterocycles. The highest BCUT2D eigenvalue weighted by Crippen LogP contribution is 2.32. The SMILES string of the molecule is NC1CCC(c2nc(-c3cccc(Br)c3)no2)CC1. The van der Waals surface area contributed by atoms with Crippen LogP contribution in [0.1, 0.15) is 37.5 Å². The molecule has 1 aromatic heterocycles. The van der Waals surface area contributed by atoms with E-state index < -0.39 is 0 Å². The van der Waals surface area contributed by atoms with E-state index >= 15 is 0 Å². The summed E-state index contributed by atoms with van der Waals surface area (Å²) in [5.41, 5.74) is 6.89. The van der Waals surface area contributed by atoms with E-state index in [0.29, 0.717) is 17.8 Å². The second-order valence-corrected chi connectivity index (χ2v) is 5.99. The van der Waals surface area contributed by atoms with E-state index in [4.69, 9.17) is 10.3 Å². The zero-order chi connectivity index (χ0) is 13.2. The molecule has 1 heterocycles. The maximum atomic E-state index is 5.92. The number of hydrogen-bond acceptors (Lipinski definition) is 4. The third-order valence-corrected chi connectivity index (χ3v) is 4.14. The number of aromatic nitrogens is 2. The fraction of sp³-hybridized carbons (Fsp3) is 0.429. The van der Waals surface area contributed by atoms with Gasteiger partial charge < -0.3 is 10.3 Å². The molecule has 3 rings (SSSR count). The molecule has 100 valence electrons. The van der Waals surface area contributed by atoms with E-state index in [2.05, 4.69) is 26.1 Å². The lowest BCUT2D eigenvalue weighted by Gasteiger charge is -2.22. The normalized spacial score (nSPS) is 23.5. The van der Waals surface area contributed by atoms with Crippen LogP contribution in [0.3, 0.4) is 0 Å². The van der Waals surface area contributed by atoms with Crippen LogP contribution in [-0.2, 0) is 0 Å². The zero-order valence-electron chi connectivity index (χ0n) is 10.6. The number of hydrogen-bond donors (Lipinski definition) is 1. The molecular formula is C14H16BrN3O. The quantitative estimate of drug-likeness (QED) is 0.919. The third-order valence-electron chi connectivity index (χ3n) is 3.65. The Balaban J connectivity index is 1.80. The molecule has 0 amide bonds. The molecule has 2 N–H and O–H groups in total. The fourth-order valence-electron chi connectivity index (χ4n) is 2.51. The Bertz CT molecular complexity index is 561. The molecule has 19 heavy (non-hydrogen) atoms. The van der Waals surface area contributed by atoms with Crippen molar-refractivity contribution in [3.63, 3.8) is 0 Å². The van der Waals surface area contributed by atoms with Crippen molar-refractivity contribution in [1.82, 2.24) is 10.1 Å². The lowest BCUT2D eigenvalue weighted by atomic mass is 9.86. The minimum atomic E-state index is 0.337. The van der Waals surface area contributed by atoms with Crippen LogP contribution in [0.5, 0.6) is 0 Å². The summed E-state index contributed by atoms with van der Waals surface area (Å²) >= 11 is 3.45. The van der Waals surface area contributed by atoms with E-state index in [0.717, 1.165) is 41.6 Å². The molecule has 5 heteroatoms. The van der Waals surface area contributed by atoms with E-state index in [1.807, 2.05) is 24.3 Å². The van der Waals surface area contributed by atoms with Gasteiger partial charge in [0.05, 0.1) is 0 Å². The van der Waals surface area contributed by atoms with E-state index in [1.54, 1.807) is 0 Å². The van der Waals surface area contributed by atoms with Gasteiger partial charge in [-0.15, -0.1) is 0 Å². The summed E-state index contributed by atoms with van der Waals surface area (Å²) in [5, 5.41) is 4.08. The molecule has 0 spiro atoms. The van der Waals surface area contributed by atoms with Gasteiger partial charge in [-0.3, -0.25) is 0 Å². The Kier molecular flexibility index (Phi) is 3.66. The van der Waals surface area contributed by atoms with Gasteiger partial charge in [0.2, 0.25) is 11.7 Å². The molecule has 1 saturated carbocycles.